The first kappa shape index (κ1) is 25.2. The summed E-state index contributed by atoms with van der Waals surface area (Å²) in [6.07, 6.45) is -3.81. The van der Waals surface area contributed by atoms with Crippen LogP contribution in [0.3, 0.4) is 0 Å². The Morgan fingerprint density at radius 2 is 1.87 bits per heavy atom. The lowest BCUT2D eigenvalue weighted by Gasteiger charge is -2.21. The molecule has 0 radical (unpaired) electrons. The van der Waals surface area contributed by atoms with E-state index >= 15 is 0 Å². The van der Waals surface area contributed by atoms with Crippen LogP contribution in [-0.2, 0) is 11.3 Å². The number of benzene rings is 2. The molecule has 2 aromatic heterocycles. The molecule has 0 saturated carbocycles. The van der Waals surface area contributed by atoms with Crippen LogP contribution in [0.25, 0.3) is 11.2 Å². The number of imidazole rings is 1. The van der Waals surface area contributed by atoms with Crippen LogP contribution in [-0.4, -0.2) is 71.4 Å². The second-order valence-electron chi connectivity index (χ2n) is 9.07. The number of aliphatic hydroxyl groups is 3. The molecular weight excluding hydrogens is 528 g/mol. The first-order valence-corrected chi connectivity index (χ1v) is 12.4. The summed E-state index contributed by atoms with van der Waals surface area (Å²) in [6, 6.07) is 14.4. The third kappa shape index (κ3) is 4.26. The molecule has 2 aliphatic heterocycles. The number of hydrazone groups is 1. The Hall–Kier alpha value is -4.14. The number of nitrogens with zero attached hydrogens (tertiary/aromatic N) is 6. The zero-order valence-corrected chi connectivity index (χ0v) is 21.0. The highest BCUT2D eigenvalue weighted by Crippen LogP contribution is 2.36. The Kier molecular flexibility index (Phi) is 6.37. The number of Topliss-reactive ketones (excluding diaryl/α,β-unsaturated/α-hetero) is 1. The predicted octanol–water partition coefficient (Wildman–Crippen LogP) is 1.30. The lowest BCUT2D eigenvalue weighted by molar-refractivity contribution is -0.0501. The number of aliphatic hydroxyl groups excluding tert-OH is 3. The van der Waals surface area contributed by atoms with Gasteiger partial charge in [-0.1, -0.05) is 35.9 Å². The highest BCUT2D eigenvalue weighted by Gasteiger charge is 2.45. The minimum atomic E-state index is -1.43. The molecule has 1 saturated heterocycles. The number of ether oxygens (including phenoxy) is 1. The summed E-state index contributed by atoms with van der Waals surface area (Å²) in [6.45, 7) is -0.180. The molecule has 4 atom stereocenters. The van der Waals surface area contributed by atoms with E-state index in [1.54, 1.807) is 29.2 Å². The number of anilines is 3. The number of halogens is 1. The van der Waals surface area contributed by atoms with Gasteiger partial charge in [0.2, 0.25) is 17.6 Å². The fourth-order valence-corrected chi connectivity index (χ4v) is 4.87. The molecule has 4 heterocycles. The van der Waals surface area contributed by atoms with Crippen LogP contribution < -0.4 is 16.1 Å². The fraction of sp³-hybridized carbons (Fsp3) is 0.240. The van der Waals surface area contributed by atoms with Crippen molar-refractivity contribution < 1.29 is 24.9 Å². The van der Waals surface area contributed by atoms with Gasteiger partial charge >= 0.3 is 0 Å². The predicted molar refractivity (Wildman–Crippen MR) is 142 cm³/mol. The lowest BCUT2D eigenvalue weighted by Crippen LogP contribution is -2.33. The van der Waals surface area contributed by atoms with E-state index in [1.165, 1.54) is 10.9 Å². The van der Waals surface area contributed by atoms with Gasteiger partial charge in [0.1, 0.15) is 24.6 Å². The molecule has 1 fully saturated rings. The summed E-state index contributed by atoms with van der Waals surface area (Å²) < 4.78 is 7.07. The van der Waals surface area contributed by atoms with Crippen molar-refractivity contribution >= 4 is 51.8 Å². The number of nitrogens with one attached hydrogen (secondary N) is 1. The molecule has 2 aromatic carbocycles. The molecule has 4 aromatic rings. The Morgan fingerprint density at radius 3 is 2.62 bits per heavy atom. The monoisotopic (exact) mass is 550 g/mol. The SMILES string of the molecule is Nc1ncnc2c1nc(N/N=C1\C(=O)c3ccccc3N1Cc1ccc(Cl)cc1)n2[C@@H]1O[C@H](CO)[C@@H](O)[C@H]1O. The number of hydrogen-bond acceptors (Lipinski definition) is 11. The summed E-state index contributed by atoms with van der Waals surface area (Å²) in [7, 11) is 0. The molecule has 0 aliphatic carbocycles. The number of para-hydroxylation sites is 1. The number of hydrogen-bond donors (Lipinski definition) is 5. The van der Waals surface area contributed by atoms with Crippen LogP contribution in [0.2, 0.25) is 5.02 Å². The first-order valence-electron chi connectivity index (χ1n) is 12.0. The standard InChI is InChI=1S/C25H23ClN8O5/c26-13-7-5-12(6-8-13)9-33-15-4-2-1-3-14(15)18(36)23(33)31-32-25-30-17-21(27)28-11-29-22(17)34(25)24-20(38)19(37)16(10-35)39-24/h1-8,11,16,19-20,24,35,37-38H,9-10H2,(H,30,32)(H2,27,28,29)/b31-23+/t16-,19-,20-,24-/m1/s1. The van der Waals surface area contributed by atoms with Gasteiger partial charge in [0.25, 0.3) is 0 Å². The smallest absolute Gasteiger partial charge is 0.232 e. The second kappa shape index (κ2) is 9.87. The minimum absolute atomic E-state index is 0.0229. The molecule has 200 valence electrons. The van der Waals surface area contributed by atoms with E-state index in [0.717, 1.165) is 5.56 Å². The van der Waals surface area contributed by atoms with Gasteiger partial charge < -0.3 is 30.7 Å². The molecule has 6 N–H and O–H groups in total. The zero-order chi connectivity index (χ0) is 27.3. The molecular formula is C25H23ClN8O5. The van der Waals surface area contributed by atoms with Gasteiger partial charge in [-0.3, -0.25) is 9.36 Å². The van der Waals surface area contributed by atoms with E-state index in [-0.39, 0.29) is 34.5 Å². The molecule has 39 heavy (non-hydrogen) atoms. The van der Waals surface area contributed by atoms with E-state index in [9.17, 15) is 20.1 Å². The van der Waals surface area contributed by atoms with E-state index in [2.05, 4.69) is 25.5 Å². The Labute approximate surface area is 226 Å². The Morgan fingerprint density at radius 1 is 1.10 bits per heavy atom. The van der Waals surface area contributed by atoms with Crippen molar-refractivity contribution in [1.29, 1.82) is 0 Å². The van der Waals surface area contributed by atoms with Gasteiger partial charge in [-0.15, -0.1) is 0 Å². The van der Waals surface area contributed by atoms with Gasteiger partial charge in [-0.25, -0.2) is 20.4 Å². The maximum absolute atomic E-state index is 13.4. The average molecular weight is 551 g/mol. The number of nitrogen functional groups attached to an aromatic ring is 1. The Bertz CT molecular complexity index is 1590. The van der Waals surface area contributed by atoms with Crippen molar-refractivity contribution in [2.45, 2.75) is 31.1 Å². The highest BCUT2D eigenvalue weighted by atomic mass is 35.5. The third-order valence-electron chi connectivity index (χ3n) is 6.69. The molecule has 13 nitrogen and oxygen atoms in total. The van der Waals surface area contributed by atoms with Crippen molar-refractivity contribution in [3.8, 4) is 0 Å². The maximum atomic E-state index is 13.4. The number of carbonyl (C=O) groups excluding carboxylic acids is 1. The van der Waals surface area contributed by atoms with Gasteiger partial charge in [0, 0.05) is 17.1 Å². The minimum Gasteiger partial charge on any atom is -0.394 e. The molecule has 0 bridgehead atoms. The summed E-state index contributed by atoms with van der Waals surface area (Å²) in [4.78, 5) is 27.8. The average Bonchev–Trinajstić information content (AvgIpc) is 3.54. The Balaban J connectivity index is 1.41. The summed E-state index contributed by atoms with van der Waals surface area (Å²) in [5.74, 6) is -0.114. The topological polar surface area (TPSA) is 184 Å². The quantitative estimate of drug-likeness (QED) is 0.218. The zero-order valence-electron chi connectivity index (χ0n) is 20.2. The van der Waals surface area contributed by atoms with Crippen molar-refractivity contribution in [3.63, 3.8) is 0 Å². The third-order valence-corrected chi connectivity index (χ3v) is 6.94. The van der Waals surface area contributed by atoms with E-state index in [4.69, 9.17) is 22.1 Å². The van der Waals surface area contributed by atoms with Crippen molar-refractivity contribution in [3.05, 3.63) is 71.0 Å². The lowest BCUT2D eigenvalue weighted by atomic mass is 10.1. The fourth-order valence-electron chi connectivity index (χ4n) is 4.74. The number of amidine groups is 1. The van der Waals surface area contributed by atoms with E-state index in [0.29, 0.717) is 22.8 Å². The number of carbonyl (C=O) groups is 1. The normalized spacial score (nSPS) is 23.6. The van der Waals surface area contributed by atoms with Crippen LogP contribution in [0.4, 0.5) is 17.5 Å². The molecule has 6 rings (SSSR count). The molecule has 14 heteroatoms. The summed E-state index contributed by atoms with van der Waals surface area (Å²) >= 11 is 6.04. The van der Waals surface area contributed by atoms with Crippen molar-refractivity contribution in [2.24, 2.45) is 5.10 Å². The van der Waals surface area contributed by atoms with Gasteiger partial charge in [0.05, 0.1) is 12.3 Å². The van der Waals surface area contributed by atoms with Crippen LogP contribution in [0.5, 0.6) is 0 Å². The van der Waals surface area contributed by atoms with Crippen LogP contribution in [0.15, 0.2) is 60.0 Å². The summed E-state index contributed by atoms with van der Waals surface area (Å²) in [5.41, 5.74) is 11.3. The van der Waals surface area contributed by atoms with Crippen molar-refractivity contribution in [2.75, 3.05) is 22.7 Å². The van der Waals surface area contributed by atoms with E-state index in [1.807, 2.05) is 24.3 Å². The number of aromatic nitrogens is 4. The molecule has 0 unspecified atom stereocenters. The van der Waals surface area contributed by atoms with Crippen molar-refractivity contribution in [1.82, 2.24) is 19.5 Å². The molecule has 0 spiro atoms. The first-order chi connectivity index (χ1) is 18.9. The van der Waals surface area contributed by atoms with Crippen LogP contribution in [0, 0.1) is 0 Å². The number of nitrogens with two attached hydrogens (primary N) is 1. The van der Waals surface area contributed by atoms with Gasteiger partial charge in [0.15, 0.2) is 23.2 Å². The van der Waals surface area contributed by atoms with Gasteiger partial charge in [-0.05, 0) is 29.8 Å². The number of fused-ring (bicyclic) bond motifs is 2. The highest BCUT2D eigenvalue weighted by molar-refractivity contribution is 6.54. The largest absolute Gasteiger partial charge is 0.394 e. The maximum Gasteiger partial charge on any atom is 0.232 e. The number of rotatable bonds is 6. The number of ketones is 1. The second-order valence-corrected chi connectivity index (χ2v) is 9.51. The van der Waals surface area contributed by atoms with Crippen LogP contribution >= 0.6 is 11.6 Å². The van der Waals surface area contributed by atoms with Crippen LogP contribution in [0.1, 0.15) is 22.1 Å². The summed E-state index contributed by atoms with van der Waals surface area (Å²) in [5, 5.41) is 35.6. The van der Waals surface area contributed by atoms with E-state index < -0.39 is 31.1 Å². The molecule has 2 aliphatic rings. The van der Waals surface area contributed by atoms with Gasteiger partial charge in [-0.2, -0.15) is 5.10 Å². The molecule has 0 amide bonds.